The van der Waals surface area contributed by atoms with E-state index in [9.17, 15) is 17.4 Å². The average molecular weight is 397 g/mol. The number of carbonyl (C=O) groups excluding carboxylic acids is 1. The Labute approximate surface area is 159 Å². The summed E-state index contributed by atoms with van der Waals surface area (Å²) < 4.78 is 40.5. The number of hydrogen-bond acceptors (Lipinski definition) is 4. The topological polar surface area (TPSA) is 71.5 Å². The highest BCUT2D eigenvalue weighted by Gasteiger charge is 2.37. The number of sulfonamides is 1. The lowest BCUT2D eigenvalue weighted by atomic mass is 10.2. The molecule has 4 rings (SSSR count). The summed E-state index contributed by atoms with van der Waals surface area (Å²) in [7, 11) is -5.95. The van der Waals surface area contributed by atoms with Crippen molar-refractivity contribution in [2.75, 3.05) is 0 Å². The molecule has 0 spiro atoms. The standard InChI is InChI=1S/C20H15NO4S2/c22-20-16-10-4-5-11-17(16)26(23)18-12-6-7-13-19(18)27(24,25)21(20)14-15-8-2-1-3-9-15/h1-13H,14H2/t26-/m0/s1. The Kier molecular flexibility index (Phi) is 4.41. The van der Waals surface area contributed by atoms with Crippen LogP contribution in [-0.2, 0) is 27.4 Å². The van der Waals surface area contributed by atoms with E-state index in [0.29, 0.717) is 10.5 Å². The molecule has 3 aromatic rings. The zero-order valence-corrected chi connectivity index (χ0v) is 15.7. The lowest BCUT2D eigenvalue weighted by molar-refractivity contribution is 0.0851. The minimum absolute atomic E-state index is 0.0999. The van der Waals surface area contributed by atoms with Crippen molar-refractivity contribution in [3.8, 4) is 0 Å². The molecule has 0 saturated heterocycles. The maximum absolute atomic E-state index is 13.3. The van der Waals surface area contributed by atoms with Crippen LogP contribution in [0.3, 0.4) is 0 Å². The number of rotatable bonds is 2. The molecule has 0 aliphatic carbocycles. The summed E-state index contributed by atoms with van der Waals surface area (Å²) in [6.07, 6.45) is 0. The Morgan fingerprint density at radius 3 is 2.11 bits per heavy atom. The van der Waals surface area contributed by atoms with Gasteiger partial charge in [0.15, 0.2) is 0 Å². The van der Waals surface area contributed by atoms with Gasteiger partial charge in [-0.1, -0.05) is 54.6 Å². The minimum Gasteiger partial charge on any atom is -0.268 e. The molecule has 0 bridgehead atoms. The normalized spacial score (nSPS) is 18.1. The molecular formula is C20H15NO4S2. The van der Waals surface area contributed by atoms with Crippen molar-refractivity contribution in [2.45, 2.75) is 21.2 Å². The Morgan fingerprint density at radius 2 is 1.37 bits per heavy atom. The van der Waals surface area contributed by atoms with Crippen LogP contribution in [0, 0.1) is 0 Å². The molecule has 1 amide bonds. The summed E-state index contributed by atoms with van der Waals surface area (Å²) in [5.41, 5.74) is 0.816. The van der Waals surface area contributed by atoms with E-state index in [4.69, 9.17) is 0 Å². The van der Waals surface area contributed by atoms with Crippen molar-refractivity contribution < 1.29 is 17.4 Å². The average Bonchev–Trinajstić information content (AvgIpc) is 2.71. The van der Waals surface area contributed by atoms with Crippen molar-refractivity contribution >= 4 is 26.7 Å². The van der Waals surface area contributed by atoms with E-state index in [0.717, 1.165) is 4.31 Å². The number of fused-ring (bicyclic) bond motifs is 2. The monoisotopic (exact) mass is 397 g/mol. The maximum Gasteiger partial charge on any atom is 0.269 e. The van der Waals surface area contributed by atoms with Crippen LogP contribution in [0.25, 0.3) is 0 Å². The van der Waals surface area contributed by atoms with Crippen molar-refractivity contribution in [3.05, 3.63) is 90.0 Å². The van der Waals surface area contributed by atoms with E-state index in [1.54, 1.807) is 54.6 Å². The van der Waals surface area contributed by atoms with E-state index in [2.05, 4.69) is 0 Å². The first kappa shape index (κ1) is 17.6. The number of benzene rings is 3. The Hall–Kier alpha value is -2.77. The third-order valence-corrected chi connectivity index (χ3v) is 7.76. The van der Waals surface area contributed by atoms with Crippen LogP contribution in [0.1, 0.15) is 15.9 Å². The van der Waals surface area contributed by atoms with E-state index in [1.165, 1.54) is 18.2 Å². The van der Waals surface area contributed by atoms with E-state index < -0.39 is 26.7 Å². The quantitative estimate of drug-likeness (QED) is 0.666. The first-order valence-corrected chi connectivity index (χ1v) is 10.8. The summed E-state index contributed by atoms with van der Waals surface area (Å²) >= 11 is 0. The van der Waals surface area contributed by atoms with Gasteiger partial charge in [0, 0.05) is 0 Å². The fourth-order valence-electron chi connectivity index (χ4n) is 3.01. The molecule has 1 aliphatic rings. The Morgan fingerprint density at radius 1 is 0.778 bits per heavy atom. The van der Waals surface area contributed by atoms with Gasteiger partial charge in [0.2, 0.25) is 0 Å². The SMILES string of the molecule is O=C1c2ccccc2[S@](=O)c2ccccc2S(=O)(=O)N1Cc1ccccc1. The van der Waals surface area contributed by atoms with Gasteiger partial charge >= 0.3 is 0 Å². The van der Waals surface area contributed by atoms with Crippen LogP contribution in [0.5, 0.6) is 0 Å². The second-order valence-electron chi connectivity index (χ2n) is 6.01. The first-order chi connectivity index (χ1) is 13.0. The van der Waals surface area contributed by atoms with Gasteiger partial charge in [0.1, 0.15) is 4.90 Å². The summed E-state index contributed by atoms with van der Waals surface area (Å²) in [5, 5.41) is 0. The fraction of sp³-hybridized carbons (Fsp3) is 0.0500. The van der Waals surface area contributed by atoms with Gasteiger partial charge in [-0.2, -0.15) is 0 Å². The van der Waals surface area contributed by atoms with E-state index in [-0.39, 0.29) is 21.9 Å². The lowest BCUT2D eigenvalue weighted by Gasteiger charge is -2.27. The molecule has 0 N–H and O–H groups in total. The van der Waals surface area contributed by atoms with Crippen molar-refractivity contribution in [1.82, 2.24) is 4.31 Å². The molecule has 0 saturated carbocycles. The van der Waals surface area contributed by atoms with Gasteiger partial charge in [0.05, 0.1) is 32.7 Å². The fourth-order valence-corrected chi connectivity index (χ4v) is 6.24. The number of carbonyl (C=O) groups is 1. The van der Waals surface area contributed by atoms with Gasteiger partial charge < -0.3 is 0 Å². The summed E-state index contributed by atoms with van der Waals surface area (Å²) in [4.78, 5) is 13.6. The minimum atomic E-state index is -4.17. The molecule has 3 aromatic carbocycles. The molecule has 0 radical (unpaired) electrons. The number of nitrogens with zero attached hydrogens (tertiary/aromatic N) is 1. The number of amides is 1. The Bertz CT molecular complexity index is 1160. The maximum atomic E-state index is 13.3. The number of hydrogen-bond donors (Lipinski definition) is 0. The molecule has 136 valence electrons. The highest BCUT2D eigenvalue weighted by Crippen LogP contribution is 2.33. The predicted octanol–water partition coefficient (Wildman–Crippen LogP) is 3.20. The van der Waals surface area contributed by atoms with Crippen molar-refractivity contribution in [1.29, 1.82) is 0 Å². The summed E-state index contributed by atoms with van der Waals surface area (Å²) in [6, 6.07) is 21.5. The molecule has 27 heavy (non-hydrogen) atoms. The highest BCUT2D eigenvalue weighted by molar-refractivity contribution is 7.91. The summed E-state index contributed by atoms with van der Waals surface area (Å²) in [6.45, 7) is -0.0999. The molecule has 1 aliphatic heterocycles. The van der Waals surface area contributed by atoms with Crippen molar-refractivity contribution in [2.24, 2.45) is 0 Å². The smallest absolute Gasteiger partial charge is 0.268 e. The molecule has 1 heterocycles. The predicted molar refractivity (Wildman–Crippen MR) is 101 cm³/mol. The zero-order chi connectivity index (χ0) is 19.0. The third kappa shape index (κ3) is 2.98. The molecule has 5 nitrogen and oxygen atoms in total. The third-order valence-electron chi connectivity index (χ3n) is 4.33. The Balaban J connectivity index is 1.98. The second kappa shape index (κ2) is 6.75. The second-order valence-corrected chi connectivity index (χ2v) is 9.26. The zero-order valence-electron chi connectivity index (χ0n) is 14.1. The van der Waals surface area contributed by atoms with Gasteiger partial charge in [-0.15, -0.1) is 0 Å². The van der Waals surface area contributed by atoms with Crippen LogP contribution in [0.4, 0.5) is 0 Å². The molecular weight excluding hydrogens is 382 g/mol. The van der Waals surface area contributed by atoms with Gasteiger partial charge in [0.25, 0.3) is 15.9 Å². The van der Waals surface area contributed by atoms with Crippen molar-refractivity contribution in [3.63, 3.8) is 0 Å². The van der Waals surface area contributed by atoms with Crippen LogP contribution >= 0.6 is 0 Å². The largest absolute Gasteiger partial charge is 0.269 e. The molecule has 0 fully saturated rings. The first-order valence-electron chi connectivity index (χ1n) is 8.21. The van der Waals surface area contributed by atoms with E-state index in [1.807, 2.05) is 6.07 Å². The molecule has 1 atom stereocenters. The lowest BCUT2D eigenvalue weighted by Crippen LogP contribution is -2.38. The summed E-state index contributed by atoms with van der Waals surface area (Å²) in [5.74, 6) is -0.683. The van der Waals surface area contributed by atoms with Crippen LogP contribution in [0.2, 0.25) is 0 Å². The molecule has 0 aromatic heterocycles. The van der Waals surface area contributed by atoms with Crippen LogP contribution in [0.15, 0.2) is 93.5 Å². The van der Waals surface area contributed by atoms with Crippen LogP contribution < -0.4 is 0 Å². The highest BCUT2D eigenvalue weighted by atomic mass is 32.2. The van der Waals surface area contributed by atoms with Gasteiger partial charge in [-0.25, -0.2) is 16.9 Å². The molecule has 0 unspecified atom stereocenters. The van der Waals surface area contributed by atoms with Crippen LogP contribution in [-0.4, -0.2) is 22.8 Å². The molecule has 7 heteroatoms. The van der Waals surface area contributed by atoms with Gasteiger partial charge in [-0.05, 0) is 29.8 Å². The van der Waals surface area contributed by atoms with Gasteiger partial charge in [-0.3, -0.25) is 4.79 Å². The van der Waals surface area contributed by atoms with E-state index >= 15 is 0 Å².